The molecule has 1 aliphatic heterocycles. The standard InChI is InChI=1S/C14H20FNO/c1-2-13(17)4-3-8-16-9-7-11-5-6-12(15)10-14(11)16/h5-6,10,13,17H,2-4,7-9H2,1H3. The van der Waals surface area contributed by atoms with E-state index < -0.39 is 0 Å². The molecule has 1 unspecified atom stereocenters. The summed E-state index contributed by atoms with van der Waals surface area (Å²) < 4.78 is 13.2. The van der Waals surface area contributed by atoms with Crippen LogP contribution in [0.3, 0.4) is 0 Å². The molecule has 2 rings (SSSR count). The van der Waals surface area contributed by atoms with Crippen LogP contribution in [0.4, 0.5) is 10.1 Å². The van der Waals surface area contributed by atoms with Crippen LogP contribution in [0.5, 0.6) is 0 Å². The number of hydrogen-bond acceptors (Lipinski definition) is 2. The van der Waals surface area contributed by atoms with Gasteiger partial charge in [0, 0.05) is 18.8 Å². The van der Waals surface area contributed by atoms with E-state index in [2.05, 4.69) is 4.90 Å². The van der Waals surface area contributed by atoms with E-state index in [1.165, 1.54) is 11.6 Å². The number of anilines is 1. The fourth-order valence-electron chi connectivity index (χ4n) is 2.37. The van der Waals surface area contributed by atoms with E-state index in [9.17, 15) is 9.50 Å². The maximum atomic E-state index is 13.2. The number of halogens is 1. The molecule has 0 fully saturated rings. The molecular weight excluding hydrogens is 217 g/mol. The molecule has 0 aliphatic carbocycles. The van der Waals surface area contributed by atoms with Gasteiger partial charge in [0.1, 0.15) is 5.82 Å². The van der Waals surface area contributed by atoms with Gasteiger partial charge in [-0.15, -0.1) is 0 Å². The lowest BCUT2D eigenvalue weighted by Gasteiger charge is -2.20. The van der Waals surface area contributed by atoms with Gasteiger partial charge in [0.05, 0.1) is 6.10 Å². The smallest absolute Gasteiger partial charge is 0.125 e. The van der Waals surface area contributed by atoms with Crippen LogP contribution >= 0.6 is 0 Å². The van der Waals surface area contributed by atoms with E-state index >= 15 is 0 Å². The summed E-state index contributed by atoms with van der Waals surface area (Å²) in [5.74, 6) is -0.163. The molecule has 0 bridgehead atoms. The summed E-state index contributed by atoms with van der Waals surface area (Å²) in [5.41, 5.74) is 2.28. The minimum Gasteiger partial charge on any atom is -0.393 e. The summed E-state index contributed by atoms with van der Waals surface area (Å²) in [6, 6.07) is 5.04. The monoisotopic (exact) mass is 237 g/mol. The Labute approximate surface area is 102 Å². The summed E-state index contributed by atoms with van der Waals surface area (Å²) in [6.07, 6.45) is 3.42. The fraction of sp³-hybridized carbons (Fsp3) is 0.571. The fourth-order valence-corrected chi connectivity index (χ4v) is 2.37. The van der Waals surface area contributed by atoms with Crippen molar-refractivity contribution in [1.29, 1.82) is 0 Å². The van der Waals surface area contributed by atoms with Gasteiger partial charge < -0.3 is 10.0 Å². The Morgan fingerprint density at radius 2 is 2.29 bits per heavy atom. The molecule has 1 aromatic carbocycles. The van der Waals surface area contributed by atoms with Crippen LogP contribution in [0.1, 0.15) is 31.7 Å². The number of fused-ring (bicyclic) bond motifs is 1. The molecule has 1 aromatic rings. The van der Waals surface area contributed by atoms with E-state index in [1.54, 1.807) is 6.07 Å². The zero-order valence-electron chi connectivity index (χ0n) is 10.3. The van der Waals surface area contributed by atoms with Crippen molar-refractivity contribution in [3.63, 3.8) is 0 Å². The molecule has 0 saturated carbocycles. The maximum absolute atomic E-state index is 13.2. The topological polar surface area (TPSA) is 23.5 Å². The van der Waals surface area contributed by atoms with E-state index in [-0.39, 0.29) is 11.9 Å². The molecule has 1 atom stereocenters. The molecule has 0 amide bonds. The van der Waals surface area contributed by atoms with Gasteiger partial charge in [-0.05, 0) is 43.4 Å². The van der Waals surface area contributed by atoms with E-state index in [1.807, 2.05) is 13.0 Å². The minimum atomic E-state index is -0.190. The lowest BCUT2D eigenvalue weighted by atomic mass is 10.1. The molecule has 17 heavy (non-hydrogen) atoms. The summed E-state index contributed by atoms with van der Waals surface area (Å²) in [7, 11) is 0. The first-order valence-corrected chi connectivity index (χ1v) is 6.42. The normalized spacial score (nSPS) is 16.1. The zero-order chi connectivity index (χ0) is 12.3. The predicted molar refractivity (Wildman–Crippen MR) is 67.8 cm³/mol. The van der Waals surface area contributed by atoms with Gasteiger partial charge in [-0.2, -0.15) is 0 Å². The van der Waals surface area contributed by atoms with Crippen LogP contribution in [0, 0.1) is 5.82 Å². The number of aliphatic hydroxyl groups is 1. The van der Waals surface area contributed by atoms with Gasteiger partial charge in [-0.25, -0.2) is 4.39 Å². The average molecular weight is 237 g/mol. The first-order chi connectivity index (χ1) is 8.20. The highest BCUT2D eigenvalue weighted by molar-refractivity contribution is 5.58. The molecular formula is C14H20FNO. The van der Waals surface area contributed by atoms with Gasteiger partial charge in [0.2, 0.25) is 0 Å². The second-order valence-electron chi connectivity index (χ2n) is 4.71. The Kier molecular flexibility index (Phi) is 4.00. The third kappa shape index (κ3) is 2.97. The SMILES string of the molecule is CCC(O)CCCN1CCc2ccc(F)cc21. The first kappa shape index (κ1) is 12.4. The highest BCUT2D eigenvalue weighted by atomic mass is 19.1. The van der Waals surface area contributed by atoms with Crippen molar-refractivity contribution in [2.45, 2.75) is 38.7 Å². The van der Waals surface area contributed by atoms with Gasteiger partial charge in [0.25, 0.3) is 0 Å². The molecule has 0 radical (unpaired) electrons. The quantitative estimate of drug-likeness (QED) is 0.851. The number of aliphatic hydroxyl groups excluding tert-OH is 1. The zero-order valence-corrected chi connectivity index (χ0v) is 10.3. The van der Waals surface area contributed by atoms with E-state index in [0.29, 0.717) is 0 Å². The largest absolute Gasteiger partial charge is 0.393 e. The van der Waals surface area contributed by atoms with E-state index in [4.69, 9.17) is 0 Å². The molecule has 2 nitrogen and oxygen atoms in total. The molecule has 3 heteroatoms. The van der Waals surface area contributed by atoms with Gasteiger partial charge in [0.15, 0.2) is 0 Å². The van der Waals surface area contributed by atoms with Gasteiger partial charge in [-0.3, -0.25) is 0 Å². The summed E-state index contributed by atoms with van der Waals surface area (Å²) in [5, 5.41) is 9.49. The number of rotatable bonds is 5. The van der Waals surface area contributed by atoms with Crippen LogP contribution in [0.2, 0.25) is 0 Å². The second kappa shape index (κ2) is 5.50. The van der Waals surface area contributed by atoms with E-state index in [0.717, 1.165) is 44.5 Å². The van der Waals surface area contributed by atoms with Crippen LogP contribution < -0.4 is 4.90 Å². The van der Waals surface area contributed by atoms with Crippen molar-refractivity contribution in [2.75, 3.05) is 18.0 Å². The Morgan fingerprint density at radius 3 is 3.06 bits per heavy atom. The van der Waals surface area contributed by atoms with Crippen LogP contribution in [0.25, 0.3) is 0 Å². The summed E-state index contributed by atoms with van der Waals surface area (Å²) >= 11 is 0. The number of nitrogens with zero attached hydrogens (tertiary/aromatic N) is 1. The second-order valence-corrected chi connectivity index (χ2v) is 4.71. The first-order valence-electron chi connectivity index (χ1n) is 6.42. The lowest BCUT2D eigenvalue weighted by Crippen LogP contribution is -2.22. The number of benzene rings is 1. The summed E-state index contributed by atoms with van der Waals surface area (Å²) in [4.78, 5) is 2.22. The van der Waals surface area contributed by atoms with Crippen molar-refractivity contribution in [2.24, 2.45) is 0 Å². The maximum Gasteiger partial charge on any atom is 0.125 e. The van der Waals surface area contributed by atoms with Crippen molar-refractivity contribution < 1.29 is 9.50 Å². The Bertz CT molecular complexity index is 380. The molecule has 0 spiro atoms. The third-order valence-corrected chi connectivity index (χ3v) is 3.48. The number of hydrogen-bond donors (Lipinski definition) is 1. The summed E-state index contributed by atoms with van der Waals surface area (Å²) in [6.45, 7) is 3.87. The van der Waals surface area contributed by atoms with Crippen LogP contribution in [-0.2, 0) is 6.42 Å². The highest BCUT2D eigenvalue weighted by Crippen LogP contribution is 2.28. The Morgan fingerprint density at radius 1 is 1.47 bits per heavy atom. The Hall–Kier alpha value is -1.09. The minimum absolute atomic E-state index is 0.163. The molecule has 0 aromatic heterocycles. The molecule has 0 saturated heterocycles. The average Bonchev–Trinajstić information content (AvgIpc) is 2.72. The van der Waals surface area contributed by atoms with Crippen molar-refractivity contribution in [3.8, 4) is 0 Å². The van der Waals surface area contributed by atoms with Crippen molar-refractivity contribution >= 4 is 5.69 Å². The molecule has 1 N–H and O–H groups in total. The Balaban J connectivity index is 1.91. The van der Waals surface area contributed by atoms with Crippen LogP contribution in [-0.4, -0.2) is 24.3 Å². The lowest BCUT2D eigenvalue weighted by molar-refractivity contribution is 0.158. The third-order valence-electron chi connectivity index (χ3n) is 3.48. The predicted octanol–water partition coefficient (Wildman–Crippen LogP) is 2.74. The van der Waals surface area contributed by atoms with Crippen molar-refractivity contribution in [3.05, 3.63) is 29.6 Å². The van der Waals surface area contributed by atoms with Gasteiger partial charge >= 0.3 is 0 Å². The van der Waals surface area contributed by atoms with Crippen LogP contribution in [0.15, 0.2) is 18.2 Å². The molecule has 1 aliphatic rings. The highest BCUT2D eigenvalue weighted by Gasteiger charge is 2.19. The van der Waals surface area contributed by atoms with Gasteiger partial charge in [-0.1, -0.05) is 13.0 Å². The molecule has 1 heterocycles. The molecule has 94 valence electrons. The van der Waals surface area contributed by atoms with Crippen molar-refractivity contribution in [1.82, 2.24) is 0 Å².